The third kappa shape index (κ3) is 4.31. The molecular formula is C23H22O3. The minimum absolute atomic E-state index is 0.170. The van der Waals surface area contributed by atoms with Crippen LogP contribution in [0.3, 0.4) is 0 Å². The van der Waals surface area contributed by atoms with Gasteiger partial charge in [-0.15, -0.1) is 0 Å². The van der Waals surface area contributed by atoms with Crippen LogP contribution in [0.5, 0.6) is 5.75 Å². The number of hydrogen-bond acceptors (Lipinski definition) is 3. The molecule has 0 fully saturated rings. The maximum atomic E-state index is 12.7. The summed E-state index contributed by atoms with van der Waals surface area (Å²) in [4.78, 5) is 12.7. The highest BCUT2D eigenvalue weighted by Crippen LogP contribution is 2.27. The largest absolute Gasteiger partial charge is 0.485 e. The summed E-state index contributed by atoms with van der Waals surface area (Å²) >= 11 is 0. The van der Waals surface area contributed by atoms with Crippen LogP contribution >= 0.6 is 0 Å². The van der Waals surface area contributed by atoms with Crippen LogP contribution in [0.15, 0.2) is 84.9 Å². The number of carbonyl (C=O) groups excluding carboxylic acids is 1. The van der Waals surface area contributed by atoms with Gasteiger partial charge >= 0.3 is 5.97 Å². The molecule has 0 radical (unpaired) electrons. The number of rotatable bonds is 6. The SMILES string of the molecule is CC(OC(=O)c1ccccc1OC(C)c1ccccc1)c1ccccc1. The lowest BCUT2D eigenvalue weighted by atomic mass is 10.1. The maximum Gasteiger partial charge on any atom is 0.342 e. The Labute approximate surface area is 154 Å². The van der Waals surface area contributed by atoms with E-state index in [-0.39, 0.29) is 12.2 Å². The summed E-state index contributed by atoms with van der Waals surface area (Å²) in [6, 6.07) is 26.8. The second-order valence-electron chi connectivity index (χ2n) is 6.13. The lowest BCUT2D eigenvalue weighted by Crippen LogP contribution is -2.12. The Morgan fingerprint density at radius 2 is 1.19 bits per heavy atom. The first-order chi connectivity index (χ1) is 12.6. The van der Waals surface area contributed by atoms with Crippen LogP contribution in [-0.4, -0.2) is 5.97 Å². The second-order valence-corrected chi connectivity index (χ2v) is 6.13. The van der Waals surface area contributed by atoms with Gasteiger partial charge in [0.05, 0.1) is 0 Å². The molecule has 3 aromatic carbocycles. The molecule has 0 aliphatic heterocycles. The van der Waals surface area contributed by atoms with Crippen LogP contribution in [-0.2, 0) is 4.74 Å². The van der Waals surface area contributed by atoms with E-state index in [1.54, 1.807) is 12.1 Å². The number of benzene rings is 3. The molecule has 132 valence electrons. The highest BCUT2D eigenvalue weighted by Gasteiger charge is 2.19. The summed E-state index contributed by atoms with van der Waals surface area (Å²) in [5.74, 6) is 0.131. The van der Waals surface area contributed by atoms with Gasteiger partial charge in [0.15, 0.2) is 0 Å². The number of para-hydroxylation sites is 1. The van der Waals surface area contributed by atoms with Crippen molar-refractivity contribution < 1.29 is 14.3 Å². The molecule has 0 heterocycles. The smallest absolute Gasteiger partial charge is 0.342 e. The van der Waals surface area contributed by atoms with Crippen LogP contribution in [0.2, 0.25) is 0 Å². The zero-order valence-electron chi connectivity index (χ0n) is 15.0. The van der Waals surface area contributed by atoms with Crippen molar-refractivity contribution in [2.24, 2.45) is 0 Å². The summed E-state index contributed by atoms with van der Waals surface area (Å²) in [5.41, 5.74) is 2.43. The highest BCUT2D eigenvalue weighted by atomic mass is 16.5. The van der Waals surface area contributed by atoms with Gasteiger partial charge in [-0.2, -0.15) is 0 Å². The average Bonchev–Trinajstić information content (AvgIpc) is 2.69. The van der Waals surface area contributed by atoms with E-state index < -0.39 is 5.97 Å². The molecule has 0 aliphatic carbocycles. The van der Waals surface area contributed by atoms with Crippen molar-refractivity contribution in [3.8, 4) is 5.75 Å². The minimum Gasteiger partial charge on any atom is -0.485 e. The van der Waals surface area contributed by atoms with Crippen molar-refractivity contribution in [2.75, 3.05) is 0 Å². The third-order valence-electron chi connectivity index (χ3n) is 4.23. The number of carbonyl (C=O) groups is 1. The molecule has 2 unspecified atom stereocenters. The fraction of sp³-hybridized carbons (Fsp3) is 0.174. The molecular weight excluding hydrogens is 324 g/mol. The summed E-state index contributed by atoms with van der Waals surface area (Å²) in [6.07, 6.45) is -0.500. The van der Waals surface area contributed by atoms with Gasteiger partial charge < -0.3 is 9.47 Å². The molecule has 0 saturated heterocycles. The van der Waals surface area contributed by atoms with Crippen LogP contribution in [0.1, 0.15) is 47.5 Å². The molecule has 3 nitrogen and oxygen atoms in total. The van der Waals surface area contributed by atoms with Gasteiger partial charge in [0, 0.05) is 0 Å². The summed E-state index contributed by atoms with van der Waals surface area (Å²) in [6.45, 7) is 3.83. The van der Waals surface area contributed by atoms with Crippen molar-refractivity contribution in [2.45, 2.75) is 26.1 Å². The maximum absolute atomic E-state index is 12.7. The Kier molecular flexibility index (Phi) is 5.69. The van der Waals surface area contributed by atoms with E-state index in [1.807, 2.05) is 86.6 Å². The topological polar surface area (TPSA) is 35.5 Å². The Hall–Kier alpha value is -3.07. The molecule has 3 rings (SSSR count). The summed E-state index contributed by atoms with van der Waals surface area (Å²) in [7, 11) is 0. The predicted octanol–water partition coefficient (Wildman–Crippen LogP) is 5.74. The molecule has 3 aromatic rings. The first kappa shape index (κ1) is 17.7. The minimum atomic E-state index is -0.391. The Morgan fingerprint density at radius 1 is 0.692 bits per heavy atom. The first-order valence-electron chi connectivity index (χ1n) is 8.71. The lowest BCUT2D eigenvalue weighted by Gasteiger charge is -2.19. The van der Waals surface area contributed by atoms with Crippen molar-refractivity contribution in [3.05, 3.63) is 102 Å². The second kappa shape index (κ2) is 8.34. The van der Waals surface area contributed by atoms with Crippen molar-refractivity contribution in [3.63, 3.8) is 0 Å². The van der Waals surface area contributed by atoms with Crippen LogP contribution in [0, 0.1) is 0 Å². The van der Waals surface area contributed by atoms with Gasteiger partial charge in [-0.25, -0.2) is 4.79 Å². The molecule has 3 heteroatoms. The molecule has 0 aromatic heterocycles. The monoisotopic (exact) mass is 346 g/mol. The third-order valence-corrected chi connectivity index (χ3v) is 4.23. The van der Waals surface area contributed by atoms with Crippen molar-refractivity contribution >= 4 is 5.97 Å². The Bertz CT molecular complexity index is 844. The molecule has 0 amide bonds. The zero-order valence-corrected chi connectivity index (χ0v) is 15.0. The van der Waals surface area contributed by atoms with E-state index in [9.17, 15) is 4.79 Å². The predicted molar refractivity (Wildman–Crippen MR) is 102 cm³/mol. The highest BCUT2D eigenvalue weighted by molar-refractivity contribution is 5.92. The van der Waals surface area contributed by atoms with Gasteiger partial charge in [-0.1, -0.05) is 72.8 Å². The number of hydrogen-bond donors (Lipinski definition) is 0. The van der Waals surface area contributed by atoms with Crippen LogP contribution in [0.4, 0.5) is 0 Å². The molecule has 2 atom stereocenters. The standard InChI is InChI=1S/C23H22O3/c1-17(19-11-5-3-6-12-19)25-22-16-10-9-15-21(22)23(24)26-18(2)20-13-7-4-8-14-20/h3-18H,1-2H3. The van der Waals surface area contributed by atoms with Gasteiger partial charge in [-0.05, 0) is 37.1 Å². The Balaban J connectivity index is 1.75. The number of ether oxygens (including phenoxy) is 2. The van der Waals surface area contributed by atoms with E-state index in [0.29, 0.717) is 11.3 Å². The average molecular weight is 346 g/mol. The van der Waals surface area contributed by atoms with Gasteiger partial charge in [-0.3, -0.25) is 0 Å². The van der Waals surface area contributed by atoms with Gasteiger partial charge in [0.1, 0.15) is 23.5 Å². The zero-order chi connectivity index (χ0) is 18.4. The van der Waals surface area contributed by atoms with E-state index in [0.717, 1.165) is 11.1 Å². The van der Waals surface area contributed by atoms with Crippen molar-refractivity contribution in [1.82, 2.24) is 0 Å². The summed E-state index contributed by atoms with van der Waals surface area (Å²) < 4.78 is 11.7. The van der Waals surface area contributed by atoms with E-state index in [4.69, 9.17) is 9.47 Å². The van der Waals surface area contributed by atoms with E-state index >= 15 is 0 Å². The fourth-order valence-corrected chi connectivity index (χ4v) is 2.74. The molecule has 26 heavy (non-hydrogen) atoms. The van der Waals surface area contributed by atoms with Gasteiger partial charge in [0.2, 0.25) is 0 Å². The first-order valence-corrected chi connectivity index (χ1v) is 8.71. The quantitative estimate of drug-likeness (QED) is 0.534. The molecule has 0 saturated carbocycles. The van der Waals surface area contributed by atoms with Crippen LogP contribution < -0.4 is 4.74 Å². The normalized spacial score (nSPS) is 12.8. The summed E-state index contributed by atoms with van der Waals surface area (Å²) in [5, 5.41) is 0. The van der Waals surface area contributed by atoms with E-state index in [2.05, 4.69) is 0 Å². The van der Waals surface area contributed by atoms with Gasteiger partial charge in [0.25, 0.3) is 0 Å². The van der Waals surface area contributed by atoms with Crippen molar-refractivity contribution in [1.29, 1.82) is 0 Å². The lowest BCUT2D eigenvalue weighted by molar-refractivity contribution is 0.0331. The number of esters is 1. The molecule has 0 N–H and O–H groups in total. The Morgan fingerprint density at radius 3 is 1.81 bits per heavy atom. The van der Waals surface area contributed by atoms with E-state index in [1.165, 1.54) is 0 Å². The molecule has 0 aliphatic rings. The molecule has 0 bridgehead atoms. The van der Waals surface area contributed by atoms with Crippen LogP contribution in [0.25, 0.3) is 0 Å². The fourth-order valence-electron chi connectivity index (χ4n) is 2.74. The molecule has 0 spiro atoms.